The van der Waals surface area contributed by atoms with Gasteiger partial charge >= 0.3 is 17.1 Å². The summed E-state index contributed by atoms with van der Waals surface area (Å²) >= 11 is 1.59. The van der Waals surface area contributed by atoms with Crippen LogP contribution in [0.2, 0.25) is 0 Å². The molecule has 2 heterocycles. The molecule has 22 heavy (non-hydrogen) atoms. The van der Waals surface area contributed by atoms with Crippen molar-refractivity contribution < 1.29 is 9.53 Å². The van der Waals surface area contributed by atoms with Gasteiger partial charge in [0.15, 0.2) is 0 Å². The first-order valence-electron chi connectivity index (χ1n) is 7.09. The molecule has 1 aliphatic rings. The van der Waals surface area contributed by atoms with Gasteiger partial charge in [-0.15, -0.1) is 11.8 Å². The van der Waals surface area contributed by atoms with E-state index in [2.05, 4.69) is 4.98 Å². The fourth-order valence-electron chi connectivity index (χ4n) is 2.76. The van der Waals surface area contributed by atoms with Gasteiger partial charge in [0, 0.05) is 10.6 Å². The van der Waals surface area contributed by atoms with Crippen LogP contribution in [0.4, 0.5) is 0 Å². The molecule has 1 aliphatic heterocycles. The minimum atomic E-state index is -0.662. The van der Waals surface area contributed by atoms with Gasteiger partial charge in [0.25, 0.3) is 0 Å². The molecule has 116 valence electrons. The van der Waals surface area contributed by atoms with Crippen LogP contribution < -0.4 is 11.1 Å². The Bertz CT molecular complexity index is 868. The van der Waals surface area contributed by atoms with E-state index in [0.717, 1.165) is 10.5 Å². The number of nitrogens with one attached hydrogen (secondary N) is 1. The predicted molar refractivity (Wildman–Crippen MR) is 84.6 cm³/mol. The smallest absolute Gasteiger partial charge is 0.317 e. The van der Waals surface area contributed by atoms with Gasteiger partial charge in [0.05, 0.1) is 30.1 Å². The highest BCUT2D eigenvalue weighted by molar-refractivity contribution is 7.99. The van der Waals surface area contributed by atoms with Crippen LogP contribution in [0.25, 0.3) is 11.0 Å². The van der Waals surface area contributed by atoms with Gasteiger partial charge in [-0.1, -0.05) is 0 Å². The minimum Gasteiger partial charge on any atom is -0.466 e. The van der Waals surface area contributed by atoms with Gasteiger partial charge in [-0.3, -0.25) is 19.0 Å². The molecule has 6 nitrogen and oxygen atoms in total. The van der Waals surface area contributed by atoms with E-state index in [9.17, 15) is 14.4 Å². The second-order valence-electron chi connectivity index (χ2n) is 5.26. The molecule has 0 bridgehead atoms. The highest BCUT2D eigenvalue weighted by Crippen LogP contribution is 2.36. The first-order chi connectivity index (χ1) is 10.5. The Balaban J connectivity index is 2.20. The molecule has 0 fully saturated rings. The third kappa shape index (κ3) is 2.45. The number of ether oxygens (including phenoxy) is 1. The summed E-state index contributed by atoms with van der Waals surface area (Å²) in [6, 6.07) is 3.46. The lowest BCUT2D eigenvalue weighted by molar-refractivity contribution is -0.143. The Labute approximate surface area is 130 Å². The SMILES string of the molecule is CCOC(=O)CC1CSc2cc(C)cc3[nH]c(=O)c(=O)n1c23. The lowest BCUT2D eigenvalue weighted by atomic mass is 10.1. The summed E-state index contributed by atoms with van der Waals surface area (Å²) < 4.78 is 6.42. The number of carbonyl (C=O) groups excluding carboxylic acids is 1. The fraction of sp³-hybridized carbons (Fsp3) is 0.400. The quantitative estimate of drug-likeness (QED) is 0.686. The molecule has 1 aromatic carbocycles. The number of aromatic nitrogens is 2. The minimum absolute atomic E-state index is 0.0899. The van der Waals surface area contributed by atoms with Crippen LogP contribution in [0.15, 0.2) is 26.6 Å². The van der Waals surface area contributed by atoms with E-state index in [1.165, 1.54) is 4.57 Å². The molecule has 0 aliphatic carbocycles. The Hall–Kier alpha value is -2.02. The van der Waals surface area contributed by atoms with Gasteiger partial charge in [-0.05, 0) is 31.5 Å². The molecule has 7 heteroatoms. The first kappa shape index (κ1) is 14.9. The normalized spacial score (nSPS) is 16.7. The number of H-pyrrole nitrogens is 1. The van der Waals surface area contributed by atoms with E-state index in [0.29, 0.717) is 23.4 Å². The molecule has 1 unspecified atom stereocenters. The number of benzene rings is 1. The molecule has 1 N–H and O–H groups in total. The van der Waals surface area contributed by atoms with Crippen LogP contribution in [0.1, 0.15) is 24.9 Å². The average Bonchev–Trinajstić information content (AvgIpc) is 2.45. The summed E-state index contributed by atoms with van der Waals surface area (Å²) in [7, 11) is 0. The van der Waals surface area contributed by atoms with Gasteiger partial charge in [-0.2, -0.15) is 0 Å². The number of esters is 1. The van der Waals surface area contributed by atoms with Crippen molar-refractivity contribution in [1.29, 1.82) is 0 Å². The van der Waals surface area contributed by atoms with Crippen LogP contribution in [0.3, 0.4) is 0 Å². The molecule has 0 saturated carbocycles. The van der Waals surface area contributed by atoms with Crippen LogP contribution in [0.5, 0.6) is 0 Å². The van der Waals surface area contributed by atoms with E-state index < -0.39 is 11.1 Å². The highest BCUT2D eigenvalue weighted by atomic mass is 32.2. The van der Waals surface area contributed by atoms with Crippen molar-refractivity contribution in [3.63, 3.8) is 0 Å². The number of thioether (sulfide) groups is 1. The van der Waals surface area contributed by atoms with Crippen molar-refractivity contribution in [2.75, 3.05) is 12.4 Å². The lowest BCUT2D eigenvalue weighted by Gasteiger charge is -2.26. The largest absolute Gasteiger partial charge is 0.466 e. The number of nitrogens with zero attached hydrogens (tertiary/aromatic N) is 1. The third-order valence-corrected chi connectivity index (χ3v) is 4.80. The van der Waals surface area contributed by atoms with E-state index >= 15 is 0 Å². The van der Waals surface area contributed by atoms with Crippen molar-refractivity contribution in [2.45, 2.75) is 31.2 Å². The van der Waals surface area contributed by atoms with Crippen LogP contribution in [-0.4, -0.2) is 27.9 Å². The number of hydrogen-bond acceptors (Lipinski definition) is 5. The fourth-order valence-corrected chi connectivity index (χ4v) is 4.01. The zero-order chi connectivity index (χ0) is 15.9. The first-order valence-corrected chi connectivity index (χ1v) is 8.07. The molecule has 0 radical (unpaired) electrons. The van der Waals surface area contributed by atoms with Crippen LogP contribution >= 0.6 is 11.8 Å². The van der Waals surface area contributed by atoms with E-state index in [-0.39, 0.29) is 18.4 Å². The highest BCUT2D eigenvalue weighted by Gasteiger charge is 2.27. The zero-order valence-electron chi connectivity index (χ0n) is 12.3. The monoisotopic (exact) mass is 320 g/mol. The summed E-state index contributed by atoms with van der Waals surface area (Å²) in [4.78, 5) is 39.5. The molecule has 3 rings (SSSR count). The molecular weight excluding hydrogens is 304 g/mol. The summed E-state index contributed by atoms with van der Waals surface area (Å²) in [5.41, 5.74) is 1.05. The Kier molecular flexibility index (Phi) is 3.82. The molecular formula is C15H16N2O4S. The molecule has 0 spiro atoms. The van der Waals surface area contributed by atoms with E-state index in [1.807, 2.05) is 19.1 Å². The van der Waals surface area contributed by atoms with Crippen molar-refractivity contribution in [2.24, 2.45) is 0 Å². The van der Waals surface area contributed by atoms with E-state index in [1.54, 1.807) is 18.7 Å². The second-order valence-corrected chi connectivity index (χ2v) is 6.32. The number of aromatic amines is 1. The van der Waals surface area contributed by atoms with Gasteiger partial charge in [-0.25, -0.2) is 0 Å². The van der Waals surface area contributed by atoms with E-state index in [4.69, 9.17) is 4.74 Å². The number of rotatable bonds is 3. The maximum absolute atomic E-state index is 12.3. The summed E-state index contributed by atoms with van der Waals surface area (Å²) in [6.45, 7) is 3.98. The average molecular weight is 320 g/mol. The van der Waals surface area contributed by atoms with Crippen molar-refractivity contribution in [3.8, 4) is 0 Å². The van der Waals surface area contributed by atoms with Crippen molar-refractivity contribution in [1.82, 2.24) is 9.55 Å². The van der Waals surface area contributed by atoms with Gasteiger partial charge < -0.3 is 9.72 Å². The van der Waals surface area contributed by atoms with Gasteiger partial charge in [0.2, 0.25) is 0 Å². The molecule has 1 atom stereocenters. The topological polar surface area (TPSA) is 81.2 Å². The Morgan fingerprint density at radius 2 is 2.23 bits per heavy atom. The number of aryl methyl sites for hydroxylation is 1. The third-order valence-electron chi connectivity index (χ3n) is 3.63. The van der Waals surface area contributed by atoms with Gasteiger partial charge in [0.1, 0.15) is 0 Å². The van der Waals surface area contributed by atoms with Crippen LogP contribution in [-0.2, 0) is 9.53 Å². The van der Waals surface area contributed by atoms with Crippen LogP contribution in [0, 0.1) is 6.92 Å². The predicted octanol–water partition coefficient (Wildman–Crippen LogP) is 1.60. The van der Waals surface area contributed by atoms with Crippen molar-refractivity contribution >= 4 is 28.8 Å². The molecule has 2 aromatic rings. The zero-order valence-corrected chi connectivity index (χ0v) is 13.2. The lowest BCUT2D eigenvalue weighted by Crippen LogP contribution is -2.41. The maximum atomic E-state index is 12.3. The summed E-state index contributed by atoms with van der Waals surface area (Å²) in [6.07, 6.45) is 0.0899. The number of carbonyl (C=O) groups is 1. The Morgan fingerprint density at radius 3 is 2.95 bits per heavy atom. The second kappa shape index (κ2) is 5.64. The summed E-state index contributed by atoms with van der Waals surface area (Å²) in [5.74, 6) is 0.206. The molecule has 0 amide bonds. The maximum Gasteiger partial charge on any atom is 0.317 e. The molecule has 0 saturated heterocycles. The summed E-state index contributed by atoms with van der Waals surface area (Å²) in [5, 5.41) is 0. The standard InChI is InChI=1S/C15H16N2O4S/c1-3-21-12(18)6-9-7-22-11-5-8(2)4-10-13(11)17(9)15(20)14(19)16-10/h4-5,9H,3,6-7H2,1-2H3,(H,16,19). The Morgan fingerprint density at radius 1 is 1.45 bits per heavy atom. The number of hydrogen-bond donors (Lipinski definition) is 1. The van der Waals surface area contributed by atoms with Crippen molar-refractivity contribution in [3.05, 3.63) is 38.4 Å². The molecule has 1 aromatic heterocycles.